The van der Waals surface area contributed by atoms with Gasteiger partial charge in [0.05, 0.1) is 5.75 Å². The summed E-state index contributed by atoms with van der Waals surface area (Å²) in [6.07, 6.45) is 3.47. The predicted molar refractivity (Wildman–Crippen MR) is 57.7 cm³/mol. The molecule has 0 radical (unpaired) electrons. The second-order valence-corrected chi connectivity index (χ2v) is 6.20. The van der Waals surface area contributed by atoms with Crippen LogP contribution in [0.3, 0.4) is 0 Å². The van der Waals surface area contributed by atoms with Gasteiger partial charge in [0, 0.05) is 13.1 Å². The second-order valence-electron chi connectivity index (χ2n) is 4.11. The molecule has 0 aromatic carbocycles. The molecule has 0 atom stereocenters. The van der Waals surface area contributed by atoms with Crippen molar-refractivity contribution in [2.75, 3.05) is 25.9 Å². The fraction of sp³-hybridized carbons (Fsp3) is 1.00. The van der Waals surface area contributed by atoms with Crippen LogP contribution in [0.5, 0.6) is 0 Å². The Hall–Kier alpha value is -0.130. The summed E-state index contributed by atoms with van der Waals surface area (Å²) in [6, 6.07) is 0. The SMILES string of the molecule is CCS(=O)(=O)NCC1(CNC)CCC1. The van der Waals surface area contributed by atoms with Gasteiger partial charge in [-0.05, 0) is 32.2 Å². The van der Waals surface area contributed by atoms with Crippen molar-refractivity contribution in [1.29, 1.82) is 0 Å². The van der Waals surface area contributed by atoms with Crippen LogP contribution in [0.25, 0.3) is 0 Å². The van der Waals surface area contributed by atoms with Gasteiger partial charge in [-0.3, -0.25) is 0 Å². The van der Waals surface area contributed by atoms with Crippen molar-refractivity contribution < 1.29 is 8.42 Å². The number of sulfonamides is 1. The van der Waals surface area contributed by atoms with E-state index in [0.29, 0.717) is 6.54 Å². The zero-order valence-electron chi connectivity index (χ0n) is 8.97. The molecule has 1 fully saturated rings. The lowest BCUT2D eigenvalue weighted by molar-refractivity contribution is 0.139. The number of hydrogen-bond acceptors (Lipinski definition) is 3. The lowest BCUT2D eigenvalue weighted by Gasteiger charge is -2.41. The van der Waals surface area contributed by atoms with Crippen molar-refractivity contribution in [3.8, 4) is 0 Å². The van der Waals surface area contributed by atoms with E-state index in [1.54, 1.807) is 6.92 Å². The van der Waals surface area contributed by atoms with Gasteiger partial charge in [0.2, 0.25) is 10.0 Å². The van der Waals surface area contributed by atoms with Crippen LogP contribution in [0.4, 0.5) is 0 Å². The monoisotopic (exact) mass is 220 g/mol. The minimum atomic E-state index is -3.02. The summed E-state index contributed by atoms with van der Waals surface area (Å²) >= 11 is 0. The van der Waals surface area contributed by atoms with E-state index < -0.39 is 10.0 Å². The highest BCUT2D eigenvalue weighted by atomic mass is 32.2. The largest absolute Gasteiger partial charge is 0.319 e. The Morgan fingerprint density at radius 3 is 2.29 bits per heavy atom. The number of hydrogen-bond donors (Lipinski definition) is 2. The highest BCUT2D eigenvalue weighted by molar-refractivity contribution is 7.89. The van der Waals surface area contributed by atoms with E-state index in [1.165, 1.54) is 6.42 Å². The summed E-state index contributed by atoms with van der Waals surface area (Å²) in [5.41, 5.74) is 0.178. The van der Waals surface area contributed by atoms with Crippen LogP contribution in [0.15, 0.2) is 0 Å². The normalized spacial score (nSPS) is 20.4. The Balaban J connectivity index is 2.42. The molecule has 1 aliphatic carbocycles. The Kier molecular flexibility index (Phi) is 3.92. The Labute approximate surface area is 86.5 Å². The van der Waals surface area contributed by atoms with Crippen LogP contribution in [-0.4, -0.2) is 34.3 Å². The van der Waals surface area contributed by atoms with Crippen molar-refractivity contribution in [3.63, 3.8) is 0 Å². The molecule has 1 rings (SSSR count). The standard InChI is InChI=1S/C9H20N2O2S/c1-3-14(12,13)11-8-9(7-10-2)5-4-6-9/h10-11H,3-8H2,1-2H3. The first-order valence-electron chi connectivity index (χ1n) is 5.15. The lowest BCUT2D eigenvalue weighted by atomic mass is 9.69. The maximum atomic E-state index is 11.3. The van der Waals surface area contributed by atoms with E-state index in [-0.39, 0.29) is 11.2 Å². The van der Waals surface area contributed by atoms with Gasteiger partial charge in [0.25, 0.3) is 0 Å². The zero-order valence-corrected chi connectivity index (χ0v) is 9.78. The first-order valence-corrected chi connectivity index (χ1v) is 6.81. The highest BCUT2D eigenvalue weighted by Gasteiger charge is 2.36. The molecule has 14 heavy (non-hydrogen) atoms. The van der Waals surface area contributed by atoms with Gasteiger partial charge >= 0.3 is 0 Å². The number of nitrogens with one attached hydrogen (secondary N) is 2. The molecule has 0 aromatic heterocycles. The van der Waals surface area contributed by atoms with Crippen molar-refractivity contribution in [2.45, 2.75) is 26.2 Å². The molecule has 84 valence electrons. The highest BCUT2D eigenvalue weighted by Crippen LogP contribution is 2.39. The van der Waals surface area contributed by atoms with Gasteiger partial charge in [-0.1, -0.05) is 6.42 Å². The van der Waals surface area contributed by atoms with E-state index in [4.69, 9.17) is 0 Å². The van der Waals surface area contributed by atoms with Crippen LogP contribution in [0, 0.1) is 5.41 Å². The average molecular weight is 220 g/mol. The lowest BCUT2D eigenvalue weighted by Crippen LogP contribution is -2.47. The van der Waals surface area contributed by atoms with Crippen molar-refractivity contribution in [3.05, 3.63) is 0 Å². The zero-order chi connectivity index (χ0) is 10.7. The molecule has 0 amide bonds. The van der Waals surface area contributed by atoms with Crippen LogP contribution >= 0.6 is 0 Å². The predicted octanol–water partition coefficient (Wildman–Crippen LogP) is 0.315. The molecular weight excluding hydrogens is 200 g/mol. The van der Waals surface area contributed by atoms with Gasteiger partial charge in [-0.2, -0.15) is 0 Å². The fourth-order valence-electron chi connectivity index (χ4n) is 1.83. The Morgan fingerprint density at radius 1 is 1.29 bits per heavy atom. The van der Waals surface area contributed by atoms with Crippen LogP contribution in [0.2, 0.25) is 0 Å². The van der Waals surface area contributed by atoms with Gasteiger partial charge < -0.3 is 5.32 Å². The third kappa shape index (κ3) is 2.93. The molecule has 4 nitrogen and oxygen atoms in total. The third-order valence-electron chi connectivity index (χ3n) is 3.01. The molecule has 1 aliphatic rings. The molecule has 1 saturated carbocycles. The van der Waals surface area contributed by atoms with Crippen LogP contribution in [-0.2, 0) is 10.0 Å². The average Bonchev–Trinajstić information content (AvgIpc) is 2.09. The van der Waals surface area contributed by atoms with Crippen molar-refractivity contribution in [2.24, 2.45) is 5.41 Å². The van der Waals surface area contributed by atoms with Gasteiger partial charge in [0.1, 0.15) is 0 Å². The second kappa shape index (κ2) is 4.59. The third-order valence-corrected chi connectivity index (χ3v) is 4.36. The molecule has 2 N–H and O–H groups in total. The summed E-state index contributed by atoms with van der Waals surface area (Å²) in [7, 11) is -1.11. The van der Waals surface area contributed by atoms with Gasteiger partial charge in [-0.15, -0.1) is 0 Å². The summed E-state index contributed by atoms with van der Waals surface area (Å²) < 4.78 is 25.2. The van der Waals surface area contributed by atoms with E-state index >= 15 is 0 Å². The Morgan fingerprint density at radius 2 is 1.93 bits per heavy atom. The quantitative estimate of drug-likeness (QED) is 0.677. The minimum absolute atomic E-state index is 0.169. The molecule has 0 aromatic rings. The maximum Gasteiger partial charge on any atom is 0.211 e. The van der Waals surface area contributed by atoms with E-state index in [1.807, 2.05) is 7.05 Å². The first-order chi connectivity index (χ1) is 6.54. The molecular formula is C9H20N2O2S. The van der Waals surface area contributed by atoms with Crippen molar-refractivity contribution in [1.82, 2.24) is 10.0 Å². The molecule has 0 unspecified atom stereocenters. The summed E-state index contributed by atoms with van der Waals surface area (Å²) in [6.45, 7) is 3.15. The van der Waals surface area contributed by atoms with E-state index in [0.717, 1.165) is 19.4 Å². The molecule has 0 saturated heterocycles. The van der Waals surface area contributed by atoms with Gasteiger partial charge in [0.15, 0.2) is 0 Å². The molecule has 0 aliphatic heterocycles. The van der Waals surface area contributed by atoms with Crippen molar-refractivity contribution >= 4 is 10.0 Å². The summed E-state index contributed by atoms with van der Waals surface area (Å²) in [5, 5.41) is 3.13. The van der Waals surface area contributed by atoms with Gasteiger partial charge in [-0.25, -0.2) is 13.1 Å². The fourth-order valence-corrected chi connectivity index (χ4v) is 2.56. The molecule has 0 spiro atoms. The first kappa shape index (κ1) is 11.9. The molecule has 0 heterocycles. The van der Waals surface area contributed by atoms with E-state index in [2.05, 4.69) is 10.0 Å². The Bertz CT molecular complexity index is 271. The maximum absolute atomic E-state index is 11.3. The summed E-state index contributed by atoms with van der Waals surface area (Å²) in [4.78, 5) is 0. The molecule has 5 heteroatoms. The molecule has 0 bridgehead atoms. The van der Waals surface area contributed by atoms with E-state index in [9.17, 15) is 8.42 Å². The number of rotatable bonds is 6. The van der Waals surface area contributed by atoms with Crippen LogP contribution in [0.1, 0.15) is 26.2 Å². The smallest absolute Gasteiger partial charge is 0.211 e. The topological polar surface area (TPSA) is 58.2 Å². The van der Waals surface area contributed by atoms with Crippen LogP contribution < -0.4 is 10.0 Å². The minimum Gasteiger partial charge on any atom is -0.319 e. The summed E-state index contributed by atoms with van der Waals surface area (Å²) in [5.74, 6) is 0.169.